The van der Waals surface area contributed by atoms with Gasteiger partial charge in [0.2, 0.25) is 11.9 Å². The number of hydrogen-bond donors (Lipinski definition) is 1. The Morgan fingerprint density at radius 3 is 2.52 bits per heavy atom. The van der Waals surface area contributed by atoms with Crippen molar-refractivity contribution in [3.05, 3.63) is 40.8 Å². The Bertz CT molecular complexity index is 1120. The quantitative estimate of drug-likeness (QED) is 0.708. The molecule has 1 aliphatic rings. The largest absolute Gasteiger partial charge is 0.492 e. The van der Waals surface area contributed by atoms with Crippen LogP contribution in [0, 0.1) is 19.3 Å². The SMILES string of the molecule is CCOc1cccc2c(C)nc(Nc3nc(C)c4c(n3)CC(C)(C)CC4=O)nc12. The van der Waals surface area contributed by atoms with Gasteiger partial charge in [-0.2, -0.15) is 0 Å². The Morgan fingerprint density at radius 1 is 1.03 bits per heavy atom. The van der Waals surface area contributed by atoms with Crippen molar-refractivity contribution >= 4 is 28.6 Å². The van der Waals surface area contributed by atoms with E-state index in [0.717, 1.165) is 28.7 Å². The molecule has 7 heteroatoms. The van der Waals surface area contributed by atoms with E-state index in [9.17, 15) is 4.79 Å². The molecule has 150 valence electrons. The highest BCUT2D eigenvalue weighted by Gasteiger charge is 2.33. The number of rotatable bonds is 4. The Balaban J connectivity index is 1.75. The van der Waals surface area contributed by atoms with E-state index in [4.69, 9.17) is 4.74 Å². The normalized spacial score (nSPS) is 15.3. The van der Waals surface area contributed by atoms with E-state index < -0.39 is 0 Å². The van der Waals surface area contributed by atoms with Crippen molar-refractivity contribution in [2.24, 2.45) is 5.41 Å². The average Bonchev–Trinajstić information content (AvgIpc) is 2.61. The third-order valence-electron chi connectivity index (χ3n) is 5.13. The summed E-state index contributed by atoms with van der Waals surface area (Å²) >= 11 is 0. The van der Waals surface area contributed by atoms with Crippen LogP contribution in [0.5, 0.6) is 5.75 Å². The minimum Gasteiger partial charge on any atom is -0.492 e. The lowest BCUT2D eigenvalue weighted by atomic mass is 9.75. The molecule has 0 bridgehead atoms. The number of fused-ring (bicyclic) bond motifs is 2. The van der Waals surface area contributed by atoms with E-state index in [1.807, 2.05) is 39.0 Å². The molecule has 29 heavy (non-hydrogen) atoms. The minimum atomic E-state index is -0.107. The highest BCUT2D eigenvalue weighted by molar-refractivity contribution is 5.99. The van der Waals surface area contributed by atoms with Crippen molar-refractivity contribution in [2.45, 2.75) is 47.5 Å². The molecule has 2 heterocycles. The number of nitrogens with zero attached hydrogens (tertiary/aromatic N) is 4. The molecule has 0 fully saturated rings. The molecule has 0 saturated carbocycles. The number of carbonyl (C=O) groups is 1. The van der Waals surface area contributed by atoms with Gasteiger partial charge in [-0.3, -0.25) is 10.1 Å². The molecule has 2 aromatic heterocycles. The van der Waals surface area contributed by atoms with E-state index >= 15 is 0 Å². The molecule has 1 aliphatic carbocycles. The number of Topliss-reactive ketones (excluding diaryl/α,β-unsaturated/α-hetero) is 1. The highest BCUT2D eigenvalue weighted by Crippen LogP contribution is 2.35. The van der Waals surface area contributed by atoms with Gasteiger partial charge in [-0.05, 0) is 38.7 Å². The summed E-state index contributed by atoms with van der Waals surface area (Å²) in [4.78, 5) is 30.9. The Kier molecular flexibility index (Phi) is 4.68. The molecular formula is C22H25N5O2. The number of hydrogen-bond acceptors (Lipinski definition) is 7. The maximum absolute atomic E-state index is 12.5. The van der Waals surface area contributed by atoms with Gasteiger partial charge >= 0.3 is 0 Å². The van der Waals surface area contributed by atoms with Crippen LogP contribution in [0.25, 0.3) is 10.9 Å². The highest BCUT2D eigenvalue weighted by atomic mass is 16.5. The first-order chi connectivity index (χ1) is 13.8. The minimum absolute atomic E-state index is 0.107. The second kappa shape index (κ2) is 7.06. The van der Waals surface area contributed by atoms with Crippen LogP contribution in [0.2, 0.25) is 0 Å². The van der Waals surface area contributed by atoms with E-state index in [0.29, 0.717) is 41.9 Å². The summed E-state index contributed by atoms with van der Waals surface area (Å²) in [5.74, 6) is 1.63. The van der Waals surface area contributed by atoms with Gasteiger partial charge in [-0.15, -0.1) is 0 Å². The molecule has 3 aromatic rings. The van der Waals surface area contributed by atoms with Crippen LogP contribution in [0.15, 0.2) is 18.2 Å². The van der Waals surface area contributed by atoms with Crippen LogP contribution < -0.4 is 10.1 Å². The number of aromatic nitrogens is 4. The molecule has 0 radical (unpaired) electrons. The molecule has 4 rings (SSSR count). The van der Waals surface area contributed by atoms with E-state index in [-0.39, 0.29) is 11.2 Å². The maximum Gasteiger partial charge on any atom is 0.230 e. The lowest BCUT2D eigenvalue weighted by molar-refractivity contribution is 0.0909. The van der Waals surface area contributed by atoms with Crippen LogP contribution in [0.4, 0.5) is 11.9 Å². The van der Waals surface area contributed by atoms with Gasteiger partial charge in [0.05, 0.1) is 29.3 Å². The monoisotopic (exact) mass is 391 g/mol. The summed E-state index contributed by atoms with van der Waals surface area (Å²) in [6, 6.07) is 5.81. The zero-order valence-electron chi connectivity index (χ0n) is 17.5. The molecule has 0 amide bonds. The third-order valence-corrected chi connectivity index (χ3v) is 5.13. The van der Waals surface area contributed by atoms with Crippen molar-refractivity contribution in [2.75, 3.05) is 11.9 Å². The van der Waals surface area contributed by atoms with Crippen molar-refractivity contribution < 1.29 is 9.53 Å². The fraction of sp³-hybridized carbons (Fsp3) is 0.409. The zero-order chi connectivity index (χ0) is 20.8. The fourth-order valence-corrected chi connectivity index (χ4v) is 3.93. The third kappa shape index (κ3) is 3.64. The summed E-state index contributed by atoms with van der Waals surface area (Å²) < 4.78 is 5.72. The number of aryl methyl sites for hydroxylation is 2. The van der Waals surface area contributed by atoms with Crippen LogP contribution in [-0.2, 0) is 6.42 Å². The van der Waals surface area contributed by atoms with E-state index in [2.05, 4.69) is 39.1 Å². The topological polar surface area (TPSA) is 89.9 Å². The summed E-state index contributed by atoms with van der Waals surface area (Å²) in [6.45, 7) is 10.5. The summed E-state index contributed by atoms with van der Waals surface area (Å²) in [5.41, 5.74) is 3.61. The smallest absolute Gasteiger partial charge is 0.230 e. The fourth-order valence-electron chi connectivity index (χ4n) is 3.93. The van der Waals surface area contributed by atoms with Gasteiger partial charge in [0.15, 0.2) is 5.78 Å². The number of anilines is 2. The Labute approximate surface area is 170 Å². The lowest BCUT2D eigenvalue weighted by Gasteiger charge is -2.30. The zero-order valence-corrected chi connectivity index (χ0v) is 17.5. The second-order valence-electron chi connectivity index (χ2n) is 8.24. The summed E-state index contributed by atoms with van der Waals surface area (Å²) in [7, 11) is 0. The first-order valence-corrected chi connectivity index (χ1v) is 9.85. The van der Waals surface area contributed by atoms with Gasteiger partial charge in [0.25, 0.3) is 0 Å². The number of carbonyl (C=O) groups excluding carboxylic acids is 1. The van der Waals surface area contributed by atoms with Crippen molar-refractivity contribution in [1.82, 2.24) is 19.9 Å². The molecular weight excluding hydrogens is 366 g/mol. The van der Waals surface area contributed by atoms with Crippen molar-refractivity contribution in [3.8, 4) is 5.75 Å². The molecule has 0 unspecified atom stereocenters. The van der Waals surface area contributed by atoms with Crippen molar-refractivity contribution in [1.29, 1.82) is 0 Å². The molecule has 1 N–H and O–H groups in total. The number of ketones is 1. The Morgan fingerprint density at radius 2 is 1.76 bits per heavy atom. The van der Waals surface area contributed by atoms with Gasteiger partial charge in [-0.25, -0.2) is 19.9 Å². The molecule has 0 aliphatic heterocycles. The number of para-hydroxylation sites is 1. The van der Waals surface area contributed by atoms with Crippen LogP contribution in [0.1, 0.15) is 54.6 Å². The van der Waals surface area contributed by atoms with Crippen LogP contribution >= 0.6 is 0 Å². The average molecular weight is 391 g/mol. The molecule has 0 spiro atoms. The molecule has 1 aromatic carbocycles. The predicted molar refractivity (Wildman–Crippen MR) is 112 cm³/mol. The molecule has 0 saturated heterocycles. The number of nitrogens with one attached hydrogen (secondary N) is 1. The van der Waals surface area contributed by atoms with Crippen molar-refractivity contribution in [3.63, 3.8) is 0 Å². The van der Waals surface area contributed by atoms with Crippen LogP contribution in [0.3, 0.4) is 0 Å². The predicted octanol–water partition coefficient (Wildman–Crippen LogP) is 4.33. The van der Waals surface area contributed by atoms with Gasteiger partial charge in [0, 0.05) is 11.8 Å². The maximum atomic E-state index is 12.5. The van der Waals surface area contributed by atoms with E-state index in [1.54, 1.807) is 0 Å². The molecule has 7 nitrogen and oxygen atoms in total. The molecule has 0 atom stereocenters. The number of benzene rings is 1. The first kappa shape index (κ1) is 19.2. The summed E-state index contributed by atoms with van der Waals surface area (Å²) in [5, 5.41) is 4.07. The lowest BCUT2D eigenvalue weighted by Crippen LogP contribution is -2.29. The summed E-state index contributed by atoms with van der Waals surface area (Å²) in [6.07, 6.45) is 1.25. The second-order valence-corrected chi connectivity index (χ2v) is 8.24. The van der Waals surface area contributed by atoms with Gasteiger partial charge in [0.1, 0.15) is 11.3 Å². The Hall–Kier alpha value is -3.09. The number of ether oxygens (including phenoxy) is 1. The van der Waals surface area contributed by atoms with Crippen LogP contribution in [-0.4, -0.2) is 32.3 Å². The van der Waals surface area contributed by atoms with Gasteiger partial charge in [-0.1, -0.05) is 26.0 Å². The first-order valence-electron chi connectivity index (χ1n) is 9.85. The standard InChI is InChI=1S/C22H25N5O2/c1-6-29-17-9-7-8-14-12(2)23-21(26-19(14)17)27-20-24-13(3)18-15(25-20)10-22(4,5)11-16(18)28/h7-9H,6,10-11H2,1-5H3,(H,23,24,25,26,27). The van der Waals surface area contributed by atoms with E-state index in [1.165, 1.54) is 0 Å². The van der Waals surface area contributed by atoms with Gasteiger partial charge < -0.3 is 4.74 Å².